The van der Waals surface area contributed by atoms with Gasteiger partial charge in [0.05, 0.1) is 13.2 Å². The van der Waals surface area contributed by atoms with Gasteiger partial charge in [0.1, 0.15) is 6.04 Å². The van der Waals surface area contributed by atoms with Crippen LogP contribution >= 0.6 is 0 Å². The molecule has 2 aliphatic heterocycles. The van der Waals surface area contributed by atoms with E-state index in [-0.39, 0.29) is 18.0 Å². The fourth-order valence-electron chi connectivity index (χ4n) is 2.34. The van der Waals surface area contributed by atoms with E-state index in [1.807, 2.05) is 11.8 Å². The lowest BCUT2D eigenvalue weighted by atomic mass is 10.2. The van der Waals surface area contributed by atoms with E-state index in [2.05, 4.69) is 10.6 Å². The smallest absolute Gasteiger partial charge is 0.317 e. The van der Waals surface area contributed by atoms with Crippen LogP contribution in [0, 0.1) is 0 Å². The molecule has 7 heteroatoms. The van der Waals surface area contributed by atoms with Crippen LogP contribution in [0.5, 0.6) is 0 Å². The molecule has 2 aliphatic rings. The standard InChI is InChI=1S/C12H22N4O3/c1-2-13-12(18)16-6-4-15(5-7-16)11(17)10-9-19-8-3-14-10/h10,14H,2-9H2,1H3,(H,13,18). The number of amides is 3. The van der Waals surface area contributed by atoms with Crippen molar-refractivity contribution in [2.75, 3.05) is 52.5 Å². The molecule has 0 bridgehead atoms. The number of rotatable bonds is 2. The normalized spacial score (nSPS) is 24.2. The van der Waals surface area contributed by atoms with Gasteiger partial charge >= 0.3 is 6.03 Å². The molecule has 0 saturated carbocycles. The first-order valence-electron chi connectivity index (χ1n) is 6.85. The van der Waals surface area contributed by atoms with E-state index < -0.39 is 0 Å². The molecule has 0 aromatic carbocycles. The Morgan fingerprint density at radius 2 is 1.95 bits per heavy atom. The average molecular weight is 270 g/mol. The van der Waals surface area contributed by atoms with Gasteiger partial charge in [0.2, 0.25) is 5.91 Å². The van der Waals surface area contributed by atoms with Crippen molar-refractivity contribution in [3.8, 4) is 0 Å². The van der Waals surface area contributed by atoms with Gasteiger partial charge in [-0.1, -0.05) is 0 Å². The van der Waals surface area contributed by atoms with Gasteiger partial charge in [0.25, 0.3) is 0 Å². The van der Waals surface area contributed by atoms with Gasteiger partial charge in [0.15, 0.2) is 0 Å². The highest BCUT2D eigenvalue weighted by atomic mass is 16.5. The van der Waals surface area contributed by atoms with Gasteiger partial charge in [-0.2, -0.15) is 0 Å². The number of hydrogen-bond acceptors (Lipinski definition) is 4. The Kier molecular flexibility index (Phi) is 4.98. The molecule has 19 heavy (non-hydrogen) atoms. The van der Waals surface area contributed by atoms with Gasteiger partial charge in [-0.15, -0.1) is 0 Å². The molecule has 7 nitrogen and oxygen atoms in total. The number of carbonyl (C=O) groups is 2. The van der Waals surface area contributed by atoms with E-state index in [4.69, 9.17) is 4.74 Å². The van der Waals surface area contributed by atoms with Crippen LogP contribution in [0.4, 0.5) is 4.79 Å². The first-order valence-corrected chi connectivity index (χ1v) is 6.85. The quantitative estimate of drug-likeness (QED) is 0.664. The van der Waals surface area contributed by atoms with Crippen LogP contribution in [-0.4, -0.2) is 80.3 Å². The maximum Gasteiger partial charge on any atom is 0.317 e. The van der Waals surface area contributed by atoms with Crippen LogP contribution in [0.3, 0.4) is 0 Å². The maximum absolute atomic E-state index is 12.2. The van der Waals surface area contributed by atoms with E-state index in [1.54, 1.807) is 4.90 Å². The summed E-state index contributed by atoms with van der Waals surface area (Å²) in [6.45, 7) is 6.70. The Morgan fingerprint density at radius 3 is 2.53 bits per heavy atom. The van der Waals surface area contributed by atoms with Crippen LogP contribution in [-0.2, 0) is 9.53 Å². The summed E-state index contributed by atoms with van der Waals surface area (Å²) >= 11 is 0. The molecule has 0 aromatic heterocycles. The van der Waals surface area contributed by atoms with E-state index in [0.29, 0.717) is 45.9 Å². The zero-order chi connectivity index (χ0) is 13.7. The monoisotopic (exact) mass is 270 g/mol. The predicted octanol–water partition coefficient (Wildman–Crippen LogP) is -1.15. The highest BCUT2D eigenvalue weighted by Gasteiger charge is 2.29. The number of nitrogens with zero attached hydrogens (tertiary/aromatic N) is 2. The molecule has 2 N–H and O–H groups in total. The number of morpholine rings is 1. The second kappa shape index (κ2) is 6.72. The minimum absolute atomic E-state index is 0.0475. The molecule has 0 radical (unpaired) electrons. The minimum Gasteiger partial charge on any atom is -0.378 e. The third kappa shape index (κ3) is 3.57. The molecule has 0 aliphatic carbocycles. The summed E-state index contributed by atoms with van der Waals surface area (Å²) in [6, 6.07) is -0.279. The van der Waals surface area contributed by atoms with Gasteiger partial charge < -0.3 is 25.2 Å². The minimum atomic E-state index is -0.232. The van der Waals surface area contributed by atoms with Crippen molar-refractivity contribution >= 4 is 11.9 Å². The van der Waals surface area contributed by atoms with Gasteiger partial charge in [0, 0.05) is 39.3 Å². The summed E-state index contributed by atoms with van der Waals surface area (Å²) in [7, 11) is 0. The topological polar surface area (TPSA) is 73.9 Å². The van der Waals surface area contributed by atoms with Crippen LogP contribution in [0.25, 0.3) is 0 Å². The molecule has 1 atom stereocenters. The highest BCUT2D eigenvalue weighted by Crippen LogP contribution is 2.06. The van der Waals surface area contributed by atoms with Crippen molar-refractivity contribution in [1.82, 2.24) is 20.4 Å². The molecule has 2 saturated heterocycles. The van der Waals surface area contributed by atoms with E-state index in [1.165, 1.54) is 0 Å². The molecule has 2 heterocycles. The lowest BCUT2D eigenvalue weighted by Crippen LogP contribution is -2.58. The first-order chi connectivity index (χ1) is 9.22. The van der Waals surface area contributed by atoms with E-state index in [9.17, 15) is 9.59 Å². The van der Waals surface area contributed by atoms with E-state index in [0.717, 1.165) is 6.54 Å². The summed E-state index contributed by atoms with van der Waals surface area (Å²) in [5.74, 6) is 0.0789. The molecule has 0 spiro atoms. The molecule has 1 unspecified atom stereocenters. The first kappa shape index (κ1) is 14.1. The second-order valence-electron chi connectivity index (χ2n) is 4.73. The molecular formula is C12H22N4O3. The van der Waals surface area contributed by atoms with E-state index >= 15 is 0 Å². The van der Waals surface area contributed by atoms with Gasteiger partial charge in [-0.05, 0) is 6.92 Å². The predicted molar refractivity (Wildman–Crippen MR) is 69.8 cm³/mol. The Balaban J connectivity index is 1.79. The number of nitrogens with one attached hydrogen (secondary N) is 2. The fourth-order valence-corrected chi connectivity index (χ4v) is 2.34. The van der Waals surface area contributed by atoms with Crippen LogP contribution < -0.4 is 10.6 Å². The summed E-state index contributed by atoms with van der Waals surface area (Å²) in [5.41, 5.74) is 0. The number of piperazine rings is 1. The van der Waals surface area contributed by atoms with Gasteiger partial charge in [-0.25, -0.2) is 4.79 Å². The number of carbonyl (C=O) groups excluding carboxylic acids is 2. The second-order valence-corrected chi connectivity index (χ2v) is 4.73. The Bertz CT molecular complexity index is 323. The number of hydrogen-bond donors (Lipinski definition) is 2. The third-order valence-electron chi connectivity index (χ3n) is 3.43. The highest BCUT2D eigenvalue weighted by molar-refractivity contribution is 5.82. The molecular weight excluding hydrogens is 248 g/mol. The van der Waals surface area contributed by atoms with Crippen molar-refractivity contribution in [2.45, 2.75) is 13.0 Å². The maximum atomic E-state index is 12.2. The van der Waals surface area contributed by atoms with Crippen molar-refractivity contribution in [3.63, 3.8) is 0 Å². The SMILES string of the molecule is CCNC(=O)N1CCN(C(=O)C2COCCN2)CC1. The molecule has 0 aromatic rings. The lowest BCUT2D eigenvalue weighted by Gasteiger charge is -2.37. The van der Waals surface area contributed by atoms with Crippen LogP contribution in [0.2, 0.25) is 0 Å². The summed E-state index contributed by atoms with van der Waals surface area (Å²) in [4.78, 5) is 27.4. The van der Waals surface area contributed by atoms with Gasteiger partial charge in [-0.3, -0.25) is 4.79 Å². The molecule has 108 valence electrons. The lowest BCUT2D eigenvalue weighted by molar-refractivity contribution is -0.137. The Morgan fingerprint density at radius 1 is 1.26 bits per heavy atom. The van der Waals surface area contributed by atoms with Crippen LogP contribution in [0.15, 0.2) is 0 Å². The van der Waals surface area contributed by atoms with Crippen molar-refractivity contribution in [3.05, 3.63) is 0 Å². The Labute approximate surface area is 113 Å². The largest absolute Gasteiger partial charge is 0.378 e. The summed E-state index contributed by atoms with van der Waals surface area (Å²) < 4.78 is 5.30. The number of ether oxygens (including phenoxy) is 1. The Hall–Kier alpha value is -1.34. The summed E-state index contributed by atoms with van der Waals surface area (Å²) in [6.07, 6.45) is 0. The van der Waals surface area contributed by atoms with Crippen molar-refractivity contribution in [2.24, 2.45) is 0 Å². The van der Waals surface area contributed by atoms with Crippen molar-refractivity contribution in [1.29, 1.82) is 0 Å². The van der Waals surface area contributed by atoms with Crippen molar-refractivity contribution < 1.29 is 14.3 Å². The van der Waals surface area contributed by atoms with Crippen LogP contribution in [0.1, 0.15) is 6.92 Å². The molecule has 2 rings (SSSR count). The zero-order valence-corrected chi connectivity index (χ0v) is 11.4. The zero-order valence-electron chi connectivity index (χ0n) is 11.4. The molecule has 2 fully saturated rings. The summed E-state index contributed by atoms with van der Waals surface area (Å²) in [5, 5.41) is 5.94. The third-order valence-corrected chi connectivity index (χ3v) is 3.43. The fraction of sp³-hybridized carbons (Fsp3) is 0.833. The molecule has 3 amide bonds. The average Bonchev–Trinajstić information content (AvgIpc) is 2.48. The number of urea groups is 1.